The number of aromatic amines is 1. The van der Waals surface area contributed by atoms with Gasteiger partial charge in [-0.05, 0) is 89.4 Å². The lowest BCUT2D eigenvalue weighted by Gasteiger charge is -2.38. The Morgan fingerprint density at radius 1 is 1.13 bits per heavy atom. The van der Waals surface area contributed by atoms with Crippen LogP contribution in [0.1, 0.15) is 78.1 Å². The van der Waals surface area contributed by atoms with Crippen LogP contribution >= 0.6 is 11.6 Å². The molecule has 0 spiro atoms. The number of likely N-dealkylation sites (tertiary alicyclic amines) is 1. The van der Waals surface area contributed by atoms with E-state index in [1.54, 1.807) is 6.07 Å². The Morgan fingerprint density at radius 3 is 2.54 bits per heavy atom. The number of H-pyrrole nitrogens is 1. The Balaban J connectivity index is 1.23. The number of aryl methyl sites for hydroxylation is 2. The van der Waals surface area contributed by atoms with Crippen molar-refractivity contribution in [2.45, 2.75) is 71.1 Å². The number of carbonyl (C=O) groups is 1. The van der Waals surface area contributed by atoms with E-state index >= 15 is 0 Å². The predicted molar refractivity (Wildman–Crippen MR) is 159 cm³/mol. The standard InChI is InChI=1S/C31H43ClN6O/c1-21-19-29(32)36-24(4)30(21)31(39)34-16-12-22(2)38-17-13-26(14-18-38)37-28(25-9-6-5-7-10-25)20-35-23(3)27-11-8-15-33-27/h5-11,15,19,22-23,26,28,33,35,37H,12-14,16-18,20H2,1-4H3,(H,34,39)/t22?,23-,28?/m1/s1. The number of nitrogens with one attached hydrogen (secondary N) is 4. The molecule has 39 heavy (non-hydrogen) atoms. The van der Waals surface area contributed by atoms with Gasteiger partial charge in [0.25, 0.3) is 5.91 Å². The highest BCUT2D eigenvalue weighted by molar-refractivity contribution is 6.29. The summed E-state index contributed by atoms with van der Waals surface area (Å²) in [4.78, 5) is 22.9. The second-order valence-electron chi connectivity index (χ2n) is 10.8. The SMILES string of the molecule is Cc1cc(Cl)nc(C)c1C(=O)NCCC(C)N1CCC(NC(CN[C@H](C)c2ccc[nH]2)c2ccccc2)CC1. The fraction of sp³-hybridized carbons (Fsp3) is 0.484. The van der Waals surface area contributed by atoms with Crippen LogP contribution in [0.3, 0.4) is 0 Å². The molecule has 210 valence electrons. The Hall–Kier alpha value is -2.71. The second kappa shape index (κ2) is 14.1. The molecule has 1 aliphatic heterocycles. The summed E-state index contributed by atoms with van der Waals surface area (Å²) in [6, 6.07) is 18.1. The first-order valence-electron chi connectivity index (χ1n) is 14.2. The number of rotatable bonds is 12. The van der Waals surface area contributed by atoms with Crippen molar-refractivity contribution in [2.24, 2.45) is 0 Å². The first-order chi connectivity index (χ1) is 18.8. The van der Waals surface area contributed by atoms with Crippen LogP contribution in [-0.2, 0) is 0 Å². The summed E-state index contributed by atoms with van der Waals surface area (Å²) in [5.41, 5.74) is 4.67. The zero-order valence-electron chi connectivity index (χ0n) is 23.6. The van der Waals surface area contributed by atoms with Crippen molar-refractivity contribution in [3.63, 3.8) is 0 Å². The first kappa shape index (κ1) is 29.3. The Labute approximate surface area is 238 Å². The van der Waals surface area contributed by atoms with E-state index in [-0.39, 0.29) is 18.0 Å². The van der Waals surface area contributed by atoms with E-state index in [4.69, 9.17) is 11.6 Å². The maximum absolute atomic E-state index is 12.8. The number of hydrogen-bond acceptors (Lipinski definition) is 5. The summed E-state index contributed by atoms with van der Waals surface area (Å²) in [5, 5.41) is 11.2. The third-order valence-corrected chi connectivity index (χ3v) is 8.14. The van der Waals surface area contributed by atoms with Crippen molar-refractivity contribution >= 4 is 17.5 Å². The highest BCUT2D eigenvalue weighted by Gasteiger charge is 2.25. The Morgan fingerprint density at radius 2 is 1.87 bits per heavy atom. The molecule has 1 aliphatic rings. The summed E-state index contributed by atoms with van der Waals surface area (Å²) < 4.78 is 0. The van der Waals surface area contributed by atoms with Gasteiger partial charge in [0.2, 0.25) is 0 Å². The molecule has 3 atom stereocenters. The molecule has 7 nitrogen and oxygen atoms in total. The van der Waals surface area contributed by atoms with Crippen molar-refractivity contribution in [2.75, 3.05) is 26.2 Å². The lowest BCUT2D eigenvalue weighted by molar-refractivity contribution is 0.0942. The summed E-state index contributed by atoms with van der Waals surface area (Å²) in [5.74, 6) is -0.0737. The van der Waals surface area contributed by atoms with Crippen LogP contribution in [0.2, 0.25) is 5.15 Å². The molecular formula is C31H43ClN6O. The van der Waals surface area contributed by atoms with Crippen LogP contribution in [-0.4, -0.2) is 59.0 Å². The highest BCUT2D eigenvalue weighted by Crippen LogP contribution is 2.21. The van der Waals surface area contributed by atoms with E-state index < -0.39 is 0 Å². The number of nitrogens with zero attached hydrogens (tertiary/aromatic N) is 2. The fourth-order valence-electron chi connectivity index (χ4n) is 5.56. The second-order valence-corrected chi connectivity index (χ2v) is 11.2. The van der Waals surface area contributed by atoms with Gasteiger partial charge in [0, 0.05) is 49.1 Å². The molecule has 4 N–H and O–H groups in total. The van der Waals surface area contributed by atoms with Gasteiger partial charge in [0.1, 0.15) is 5.15 Å². The largest absolute Gasteiger partial charge is 0.364 e. The fourth-order valence-corrected chi connectivity index (χ4v) is 5.85. The Bertz CT molecular complexity index is 1150. The number of aromatic nitrogens is 2. The number of benzene rings is 1. The molecule has 4 rings (SSSR count). The average molecular weight is 551 g/mol. The molecule has 1 aromatic carbocycles. The van der Waals surface area contributed by atoms with E-state index in [1.807, 2.05) is 26.1 Å². The summed E-state index contributed by atoms with van der Waals surface area (Å²) in [6.07, 6.45) is 5.11. The third-order valence-electron chi connectivity index (χ3n) is 7.95. The quantitative estimate of drug-likeness (QED) is 0.229. The van der Waals surface area contributed by atoms with Gasteiger partial charge < -0.3 is 25.8 Å². The zero-order valence-corrected chi connectivity index (χ0v) is 24.4. The topological polar surface area (TPSA) is 85.1 Å². The first-order valence-corrected chi connectivity index (χ1v) is 14.5. The summed E-state index contributed by atoms with van der Waals surface area (Å²) >= 11 is 6.02. The average Bonchev–Trinajstić information content (AvgIpc) is 3.46. The maximum atomic E-state index is 12.8. The molecule has 8 heteroatoms. The molecule has 2 aromatic heterocycles. The van der Waals surface area contributed by atoms with Crippen molar-refractivity contribution in [1.29, 1.82) is 0 Å². The Kier molecular flexibility index (Phi) is 10.6. The van der Waals surface area contributed by atoms with E-state index in [0.717, 1.165) is 44.5 Å². The summed E-state index contributed by atoms with van der Waals surface area (Å²) in [7, 11) is 0. The number of halogens is 1. The van der Waals surface area contributed by atoms with E-state index in [0.29, 0.717) is 35.0 Å². The molecule has 3 aromatic rings. The van der Waals surface area contributed by atoms with Gasteiger partial charge in [-0.15, -0.1) is 0 Å². The van der Waals surface area contributed by atoms with Gasteiger partial charge in [-0.25, -0.2) is 4.98 Å². The maximum Gasteiger partial charge on any atom is 0.253 e. The van der Waals surface area contributed by atoms with Gasteiger partial charge in [0.05, 0.1) is 11.3 Å². The molecule has 1 saturated heterocycles. The monoisotopic (exact) mass is 550 g/mol. The smallest absolute Gasteiger partial charge is 0.253 e. The van der Waals surface area contributed by atoms with E-state index in [1.165, 1.54) is 11.3 Å². The van der Waals surface area contributed by atoms with E-state index in [9.17, 15) is 4.79 Å². The molecule has 3 heterocycles. The number of amides is 1. The van der Waals surface area contributed by atoms with E-state index in [2.05, 4.69) is 81.1 Å². The number of hydrogen-bond donors (Lipinski definition) is 4. The van der Waals surface area contributed by atoms with Crippen LogP contribution in [0.5, 0.6) is 0 Å². The molecule has 0 bridgehead atoms. The van der Waals surface area contributed by atoms with Crippen molar-refractivity contribution in [3.8, 4) is 0 Å². The predicted octanol–water partition coefficient (Wildman–Crippen LogP) is 5.33. The van der Waals surface area contributed by atoms with Crippen molar-refractivity contribution in [1.82, 2.24) is 30.8 Å². The van der Waals surface area contributed by atoms with Crippen LogP contribution < -0.4 is 16.0 Å². The molecule has 1 amide bonds. The van der Waals surface area contributed by atoms with Gasteiger partial charge in [-0.3, -0.25) is 4.79 Å². The molecule has 0 radical (unpaired) electrons. The third kappa shape index (κ3) is 8.15. The van der Waals surface area contributed by atoms with Crippen LogP contribution in [0.4, 0.5) is 0 Å². The van der Waals surface area contributed by atoms with Gasteiger partial charge in [0.15, 0.2) is 0 Å². The van der Waals surface area contributed by atoms with Crippen molar-refractivity contribution in [3.05, 3.63) is 88.0 Å². The number of carbonyl (C=O) groups excluding carboxylic acids is 1. The van der Waals surface area contributed by atoms with Crippen LogP contribution in [0, 0.1) is 13.8 Å². The van der Waals surface area contributed by atoms with Gasteiger partial charge in [-0.1, -0.05) is 41.9 Å². The van der Waals surface area contributed by atoms with Crippen LogP contribution in [0.15, 0.2) is 54.7 Å². The minimum absolute atomic E-state index is 0.0737. The molecular weight excluding hydrogens is 508 g/mol. The normalized spacial score (nSPS) is 17.1. The lowest BCUT2D eigenvalue weighted by Crippen LogP contribution is -2.48. The lowest BCUT2D eigenvalue weighted by atomic mass is 9.99. The highest BCUT2D eigenvalue weighted by atomic mass is 35.5. The van der Waals surface area contributed by atoms with Gasteiger partial charge in [-0.2, -0.15) is 0 Å². The van der Waals surface area contributed by atoms with Gasteiger partial charge >= 0.3 is 0 Å². The zero-order chi connectivity index (χ0) is 27.8. The number of pyridine rings is 1. The molecule has 1 fully saturated rings. The minimum Gasteiger partial charge on any atom is -0.364 e. The molecule has 2 unspecified atom stereocenters. The molecule has 0 saturated carbocycles. The number of piperidine rings is 1. The molecule has 0 aliphatic carbocycles. The van der Waals surface area contributed by atoms with Crippen LogP contribution in [0.25, 0.3) is 0 Å². The van der Waals surface area contributed by atoms with Crippen molar-refractivity contribution < 1.29 is 4.79 Å². The minimum atomic E-state index is -0.0737. The summed E-state index contributed by atoms with van der Waals surface area (Å²) in [6.45, 7) is 11.8.